The summed E-state index contributed by atoms with van der Waals surface area (Å²) in [5.41, 5.74) is 5.47. The van der Waals surface area contributed by atoms with Crippen LogP contribution in [0.25, 0.3) is 0 Å². The maximum atomic E-state index is 12.7. The molecule has 2 unspecified atom stereocenters. The monoisotopic (exact) mass is 653 g/mol. The van der Waals surface area contributed by atoms with Crippen LogP contribution in [0.4, 0.5) is 0 Å². The van der Waals surface area contributed by atoms with E-state index < -0.39 is 12.0 Å². The van der Waals surface area contributed by atoms with Gasteiger partial charge in [-0.2, -0.15) is 0 Å². The number of carbonyl (C=O) groups is 3. The quantitative estimate of drug-likeness (QED) is 0.0458. The first-order valence-corrected chi connectivity index (χ1v) is 19.9. The predicted octanol–water partition coefficient (Wildman–Crippen LogP) is 10.6. The second-order valence-corrected chi connectivity index (χ2v) is 13.7. The number of esters is 1. The maximum Gasteiger partial charge on any atom is 0.326 e. The summed E-state index contributed by atoms with van der Waals surface area (Å²) >= 11 is 0. The molecule has 7 nitrogen and oxygen atoms in total. The number of carboxylic acid groups (broad SMARTS) is 1. The molecule has 0 spiro atoms. The molecule has 0 bridgehead atoms. The standard InChI is InChI=1S/C39H76N2O5/c1-3-5-7-9-11-13-14-15-16-17-20-24-29-35(46-38(43)33-27-23-18-12-10-8-6-4-2)30-25-21-19-22-26-32-37(42)41-36(39(44)45)31-28-34-40/h35-36H,3-34,40H2,1-2H3,(H,41,42)(H,44,45). The molecule has 0 radical (unpaired) electrons. The highest BCUT2D eigenvalue weighted by molar-refractivity contribution is 5.83. The highest BCUT2D eigenvalue weighted by Crippen LogP contribution is 2.19. The van der Waals surface area contributed by atoms with Crippen LogP contribution in [0.1, 0.15) is 213 Å². The number of amides is 1. The summed E-state index contributed by atoms with van der Waals surface area (Å²) < 4.78 is 6.01. The van der Waals surface area contributed by atoms with Crippen LogP contribution in [0.5, 0.6) is 0 Å². The minimum absolute atomic E-state index is 0.0212. The van der Waals surface area contributed by atoms with E-state index >= 15 is 0 Å². The molecule has 2 atom stereocenters. The number of rotatable bonds is 36. The number of nitrogens with two attached hydrogens (primary N) is 1. The van der Waals surface area contributed by atoms with E-state index in [9.17, 15) is 19.5 Å². The van der Waals surface area contributed by atoms with E-state index in [-0.39, 0.29) is 18.0 Å². The van der Waals surface area contributed by atoms with Crippen LogP contribution < -0.4 is 11.1 Å². The Bertz CT molecular complexity index is 702. The normalized spacial score (nSPS) is 12.6. The minimum atomic E-state index is -1.00. The molecule has 0 saturated heterocycles. The first kappa shape index (κ1) is 44.4. The number of unbranched alkanes of at least 4 members (excludes halogenated alkanes) is 22. The molecule has 0 rings (SSSR count). The lowest BCUT2D eigenvalue weighted by molar-refractivity contribution is -0.150. The molecule has 0 heterocycles. The number of hydrogen-bond acceptors (Lipinski definition) is 5. The highest BCUT2D eigenvalue weighted by atomic mass is 16.5. The van der Waals surface area contributed by atoms with Gasteiger partial charge in [-0.3, -0.25) is 9.59 Å². The molecule has 46 heavy (non-hydrogen) atoms. The average molecular weight is 653 g/mol. The third kappa shape index (κ3) is 31.0. The lowest BCUT2D eigenvalue weighted by Crippen LogP contribution is -2.40. The Morgan fingerprint density at radius 1 is 0.543 bits per heavy atom. The predicted molar refractivity (Wildman–Crippen MR) is 193 cm³/mol. The number of carboxylic acids is 1. The van der Waals surface area contributed by atoms with Gasteiger partial charge in [0.2, 0.25) is 5.91 Å². The molecule has 0 aliphatic rings. The van der Waals surface area contributed by atoms with Crippen molar-refractivity contribution in [3.63, 3.8) is 0 Å². The number of nitrogens with one attached hydrogen (secondary N) is 1. The van der Waals surface area contributed by atoms with Crippen LogP contribution >= 0.6 is 0 Å². The second kappa shape index (κ2) is 34.7. The lowest BCUT2D eigenvalue weighted by Gasteiger charge is -2.18. The molecule has 0 aromatic carbocycles. The fourth-order valence-corrected chi connectivity index (χ4v) is 6.16. The second-order valence-electron chi connectivity index (χ2n) is 13.7. The summed E-state index contributed by atoms with van der Waals surface area (Å²) in [4.78, 5) is 36.2. The molecular formula is C39H76N2O5. The zero-order valence-corrected chi connectivity index (χ0v) is 30.4. The van der Waals surface area contributed by atoms with E-state index in [1.165, 1.54) is 109 Å². The summed E-state index contributed by atoms with van der Waals surface area (Å²) in [7, 11) is 0. The van der Waals surface area contributed by atoms with E-state index in [0.29, 0.717) is 32.2 Å². The average Bonchev–Trinajstić information content (AvgIpc) is 3.03. The fourth-order valence-electron chi connectivity index (χ4n) is 6.16. The fraction of sp³-hybridized carbons (Fsp3) is 0.923. The van der Waals surface area contributed by atoms with Crippen molar-refractivity contribution in [3.05, 3.63) is 0 Å². The largest absolute Gasteiger partial charge is 0.480 e. The molecule has 4 N–H and O–H groups in total. The number of carbonyl (C=O) groups excluding carboxylic acids is 2. The van der Waals surface area contributed by atoms with E-state index in [1.54, 1.807) is 0 Å². The maximum absolute atomic E-state index is 12.7. The van der Waals surface area contributed by atoms with Crippen LogP contribution in [0.2, 0.25) is 0 Å². The van der Waals surface area contributed by atoms with Gasteiger partial charge < -0.3 is 20.9 Å². The van der Waals surface area contributed by atoms with Crippen molar-refractivity contribution >= 4 is 17.8 Å². The van der Waals surface area contributed by atoms with Gasteiger partial charge in [0.15, 0.2) is 0 Å². The van der Waals surface area contributed by atoms with E-state index in [2.05, 4.69) is 19.2 Å². The van der Waals surface area contributed by atoms with Crippen LogP contribution in [0.3, 0.4) is 0 Å². The Kier molecular flexibility index (Phi) is 33.5. The van der Waals surface area contributed by atoms with Gasteiger partial charge in [-0.25, -0.2) is 4.79 Å². The van der Waals surface area contributed by atoms with Crippen molar-refractivity contribution in [2.24, 2.45) is 5.73 Å². The van der Waals surface area contributed by atoms with Gasteiger partial charge in [0.1, 0.15) is 12.1 Å². The third-order valence-corrected chi connectivity index (χ3v) is 9.17. The number of aliphatic carboxylic acids is 1. The molecule has 0 fully saturated rings. The van der Waals surface area contributed by atoms with Crippen LogP contribution in [-0.4, -0.2) is 41.6 Å². The third-order valence-electron chi connectivity index (χ3n) is 9.17. The number of hydrogen-bond donors (Lipinski definition) is 3. The Balaban J connectivity index is 4.28. The number of ether oxygens (including phenoxy) is 1. The molecule has 0 aromatic heterocycles. The Morgan fingerprint density at radius 2 is 0.935 bits per heavy atom. The molecule has 0 aliphatic heterocycles. The zero-order chi connectivity index (χ0) is 33.9. The summed E-state index contributed by atoms with van der Waals surface area (Å²) in [6, 6.07) is -0.851. The first-order chi connectivity index (χ1) is 22.4. The van der Waals surface area contributed by atoms with Gasteiger partial charge in [-0.15, -0.1) is 0 Å². The molecule has 272 valence electrons. The van der Waals surface area contributed by atoms with Crippen LogP contribution in [-0.2, 0) is 19.1 Å². The van der Waals surface area contributed by atoms with Crippen molar-refractivity contribution in [3.8, 4) is 0 Å². The van der Waals surface area contributed by atoms with E-state index in [1.807, 2.05) is 0 Å². The Labute approximate surface area is 284 Å². The molecule has 0 aromatic rings. The first-order valence-electron chi connectivity index (χ1n) is 19.9. The topological polar surface area (TPSA) is 119 Å². The van der Waals surface area contributed by atoms with Crippen molar-refractivity contribution in [1.82, 2.24) is 5.32 Å². The molecule has 0 aliphatic carbocycles. The Hall–Kier alpha value is -1.63. The SMILES string of the molecule is CCCCCCCCCCCCCCC(CCCCCCCC(=O)NC(CCCN)C(=O)O)OC(=O)CCCCCCCCCC. The van der Waals surface area contributed by atoms with Crippen molar-refractivity contribution < 1.29 is 24.2 Å². The van der Waals surface area contributed by atoms with Gasteiger partial charge >= 0.3 is 11.9 Å². The Morgan fingerprint density at radius 3 is 1.35 bits per heavy atom. The van der Waals surface area contributed by atoms with Crippen molar-refractivity contribution in [2.75, 3.05) is 6.54 Å². The summed E-state index contributed by atoms with van der Waals surface area (Å²) in [6.45, 7) is 4.93. The van der Waals surface area contributed by atoms with Gasteiger partial charge in [-0.05, 0) is 57.9 Å². The molecule has 7 heteroatoms. The molecular weight excluding hydrogens is 576 g/mol. The van der Waals surface area contributed by atoms with Gasteiger partial charge in [-0.1, -0.05) is 149 Å². The highest BCUT2D eigenvalue weighted by Gasteiger charge is 2.19. The zero-order valence-electron chi connectivity index (χ0n) is 30.4. The van der Waals surface area contributed by atoms with E-state index in [0.717, 1.165) is 64.2 Å². The van der Waals surface area contributed by atoms with Gasteiger partial charge in [0.25, 0.3) is 0 Å². The van der Waals surface area contributed by atoms with Gasteiger partial charge in [0, 0.05) is 12.8 Å². The van der Waals surface area contributed by atoms with Crippen LogP contribution in [0.15, 0.2) is 0 Å². The molecule has 0 saturated carbocycles. The molecule has 1 amide bonds. The summed E-state index contributed by atoms with van der Waals surface area (Å²) in [5.74, 6) is -1.22. The van der Waals surface area contributed by atoms with Crippen molar-refractivity contribution in [2.45, 2.75) is 225 Å². The van der Waals surface area contributed by atoms with Gasteiger partial charge in [0.05, 0.1) is 0 Å². The smallest absolute Gasteiger partial charge is 0.326 e. The minimum Gasteiger partial charge on any atom is -0.480 e. The van der Waals surface area contributed by atoms with Crippen molar-refractivity contribution in [1.29, 1.82) is 0 Å². The summed E-state index contributed by atoms with van der Waals surface area (Å²) in [6.07, 6.45) is 34.3. The lowest BCUT2D eigenvalue weighted by atomic mass is 10.0. The van der Waals surface area contributed by atoms with E-state index in [4.69, 9.17) is 10.5 Å². The summed E-state index contributed by atoms with van der Waals surface area (Å²) in [5, 5.41) is 11.9. The van der Waals surface area contributed by atoms with Crippen LogP contribution in [0, 0.1) is 0 Å².